The van der Waals surface area contributed by atoms with E-state index in [-0.39, 0.29) is 20.4 Å². The van der Waals surface area contributed by atoms with Crippen molar-refractivity contribution in [1.82, 2.24) is 0 Å². The summed E-state index contributed by atoms with van der Waals surface area (Å²) >= 11 is 0. The Kier molecular flexibility index (Phi) is 48.8. The molecule has 2 aromatic rings. The average Bonchev–Trinajstić information content (AvgIpc) is 3.68. The molecule has 0 saturated carbocycles. The van der Waals surface area contributed by atoms with Gasteiger partial charge in [-0.15, -0.1) is 0 Å². The zero-order chi connectivity index (χ0) is 48.7. The van der Waals surface area contributed by atoms with Gasteiger partial charge < -0.3 is 19.4 Å². The van der Waals surface area contributed by atoms with Gasteiger partial charge in [0, 0.05) is 22.8 Å². The molecule has 0 aromatic heterocycles. The first-order chi connectivity index (χ1) is 33.0. The van der Waals surface area contributed by atoms with Crippen LogP contribution in [-0.2, 0) is 33.3 Å². The van der Waals surface area contributed by atoms with Gasteiger partial charge in [-0.2, -0.15) is 12.8 Å². The summed E-state index contributed by atoms with van der Waals surface area (Å²) in [5.74, 6) is 0. The van der Waals surface area contributed by atoms with E-state index >= 15 is 0 Å². The van der Waals surface area contributed by atoms with E-state index in [1.54, 1.807) is 0 Å². The van der Waals surface area contributed by atoms with Crippen molar-refractivity contribution in [2.24, 2.45) is 0 Å². The van der Waals surface area contributed by atoms with E-state index in [1.807, 2.05) is 0 Å². The Morgan fingerprint density at radius 1 is 0.338 bits per heavy atom. The molecule has 0 unspecified atom stereocenters. The Bertz CT molecular complexity index is 1380. The van der Waals surface area contributed by atoms with Crippen molar-refractivity contribution in [2.45, 2.75) is 304 Å². The van der Waals surface area contributed by atoms with Crippen molar-refractivity contribution in [2.75, 3.05) is 0 Å². The quantitative estimate of drug-likeness (QED) is 0.0274. The zero-order valence-corrected chi connectivity index (χ0v) is 47.6. The van der Waals surface area contributed by atoms with E-state index in [1.165, 1.54) is 253 Å². The van der Waals surface area contributed by atoms with Crippen molar-refractivity contribution in [3.8, 4) is 0 Å². The molecular weight excluding hydrogens is 915 g/mol. The molecule has 1 heterocycles. The summed E-state index contributed by atoms with van der Waals surface area (Å²) in [7, 11) is 0. The first-order valence-corrected chi connectivity index (χ1v) is 29.7. The average molecular weight is 1030 g/mol. The smallest absolute Gasteiger partial charge is 0.493 e. The summed E-state index contributed by atoms with van der Waals surface area (Å²) < 4.78 is 1.43. The van der Waals surface area contributed by atoms with E-state index in [4.69, 9.17) is 0 Å². The molecule has 0 N–H and O–H groups in total. The Hall–Kier alpha value is -1.82. The number of nitrogens with zero attached hydrogens (tertiary/aromatic N) is 2. The second-order valence-corrected chi connectivity index (χ2v) is 20.4. The maximum absolute atomic E-state index is 11.3. The number of rotatable bonds is 42. The summed E-state index contributed by atoms with van der Waals surface area (Å²) in [5, 5.41) is 0. The second-order valence-electron chi connectivity index (χ2n) is 20.4. The molecule has 3 heteroatoms. The molecule has 2 aromatic carbocycles. The van der Waals surface area contributed by atoms with Crippen LogP contribution in [0.25, 0.3) is 16.9 Å². The van der Waals surface area contributed by atoms with Crippen LogP contribution in [0.2, 0.25) is 0 Å². The summed E-state index contributed by atoms with van der Waals surface area (Å²) in [4.78, 5) is 0. The van der Waals surface area contributed by atoms with Gasteiger partial charge in [-0.25, -0.2) is 4.70 Å². The van der Waals surface area contributed by atoms with Crippen LogP contribution in [0.5, 0.6) is 0 Å². The Morgan fingerprint density at radius 2 is 0.618 bits per heavy atom. The molecule has 0 amide bonds. The molecule has 0 radical (unpaired) electrons. The van der Waals surface area contributed by atoms with E-state index < -0.39 is 0 Å². The van der Waals surface area contributed by atoms with Gasteiger partial charge in [-0.3, -0.25) is 0 Å². The van der Waals surface area contributed by atoms with Crippen LogP contribution in [0.3, 0.4) is 0 Å². The first kappa shape index (κ1) is 66.2. The third kappa shape index (κ3) is 35.3. The van der Waals surface area contributed by atoms with Crippen molar-refractivity contribution in [3.05, 3.63) is 102 Å². The summed E-state index contributed by atoms with van der Waals surface area (Å²) in [6, 6.07) is 17.6. The van der Waals surface area contributed by atoms with Crippen LogP contribution in [0.4, 0.5) is 0 Å². The number of benzene rings is 2. The van der Waals surface area contributed by atoms with Gasteiger partial charge in [0.25, 0.3) is 0 Å². The van der Waals surface area contributed by atoms with Crippen LogP contribution < -0.4 is 0 Å². The minimum absolute atomic E-state index is 0. The predicted octanol–water partition coefficient (Wildman–Crippen LogP) is 22.9. The normalized spacial score (nSPS) is 12.1. The summed E-state index contributed by atoms with van der Waals surface area (Å²) in [6.07, 6.45) is 59.3. The molecular formula is C65H112N2Pd. The standard InChI is InChI=1S/C31H42N2.2C17H35.Pd/c1-4-7-10-12-14-26-16-20-27(21-17-26)30-24-29(15-11-8-5-2)31(33(30)32)28-22-18-25(19-23-28)13-9-6-3;2*1-3-5-7-9-11-13-15-17-16-14-12-10-8-6-4-2;/h16-24H,4-15H2,1-3H3;2*1,3-17H2,2H3;/q;2*-1;+2. The van der Waals surface area contributed by atoms with Crippen LogP contribution in [-0.4, -0.2) is 4.70 Å². The number of allylic oxidation sites excluding steroid dienone is 2. The molecule has 0 saturated heterocycles. The van der Waals surface area contributed by atoms with Crippen molar-refractivity contribution >= 4 is 11.4 Å². The van der Waals surface area contributed by atoms with Crippen LogP contribution in [0.1, 0.15) is 314 Å². The van der Waals surface area contributed by atoms with Gasteiger partial charge >= 0.3 is 20.4 Å². The van der Waals surface area contributed by atoms with Gasteiger partial charge in [-0.05, 0) is 73.9 Å². The largest absolute Gasteiger partial charge is 2.00 e. The SMILES string of the molecule is CCCCCCc1ccc(C2=CC(CCCCC)=C(c3ccc(CCCC)cc3)[N+]2=[N-])cc1.[CH2-]CCCCCCCCCCCCCCCC.[CH2-]CCCCCCCCCCCCCCCC.[Pd+2]. The number of unbranched alkanes of at least 4 members (excludes halogenated alkanes) is 34. The van der Waals surface area contributed by atoms with E-state index in [9.17, 15) is 5.53 Å². The first-order valence-electron chi connectivity index (χ1n) is 29.7. The molecule has 0 spiro atoms. The van der Waals surface area contributed by atoms with Gasteiger partial charge in [0.2, 0.25) is 11.4 Å². The minimum atomic E-state index is 0. The maximum Gasteiger partial charge on any atom is 2.00 e. The molecule has 1 aliphatic rings. The van der Waals surface area contributed by atoms with E-state index in [0.29, 0.717) is 0 Å². The third-order valence-electron chi connectivity index (χ3n) is 13.9. The molecule has 2 nitrogen and oxygen atoms in total. The van der Waals surface area contributed by atoms with E-state index in [2.05, 4.69) is 103 Å². The number of hydrogen-bond acceptors (Lipinski definition) is 0. The van der Waals surface area contributed by atoms with Gasteiger partial charge in [0.05, 0.1) is 0 Å². The maximum atomic E-state index is 11.3. The fraction of sp³-hybridized carbons (Fsp3) is 0.723. The molecule has 0 bridgehead atoms. The Labute approximate surface area is 440 Å². The monoisotopic (exact) mass is 1030 g/mol. The Balaban J connectivity index is 0.00000109. The van der Waals surface area contributed by atoms with Crippen molar-refractivity contribution in [1.29, 1.82) is 0 Å². The molecule has 0 aliphatic carbocycles. The molecule has 0 fully saturated rings. The zero-order valence-electron chi connectivity index (χ0n) is 46.0. The third-order valence-corrected chi connectivity index (χ3v) is 13.9. The molecule has 1 aliphatic heterocycles. The molecule has 3 rings (SSSR count). The van der Waals surface area contributed by atoms with Gasteiger partial charge in [0.15, 0.2) is 0 Å². The number of aryl methyl sites for hydroxylation is 2. The van der Waals surface area contributed by atoms with Crippen LogP contribution >= 0.6 is 0 Å². The van der Waals surface area contributed by atoms with E-state index in [0.717, 1.165) is 61.0 Å². The molecule has 0 atom stereocenters. The molecule has 68 heavy (non-hydrogen) atoms. The minimum Gasteiger partial charge on any atom is -0.493 e. The van der Waals surface area contributed by atoms with Crippen molar-refractivity contribution in [3.63, 3.8) is 0 Å². The van der Waals surface area contributed by atoms with Crippen molar-refractivity contribution < 1.29 is 25.1 Å². The van der Waals surface area contributed by atoms with Gasteiger partial charge in [0.1, 0.15) is 0 Å². The molecule has 392 valence electrons. The van der Waals surface area contributed by atoms with Crippen LogP contribution in [0, 0.1) is 13.8 Å². The fourth-order valence-corrected chi connectivity index (χ4v) is 9.37. The predicted molar refractivity (Wildman–Crippen MR) is 303 cm³/mol. The second kappa shape index (κ2) is 50.1. The van der Waals surface area contributed by atoms with Gasteiger partial charge in [-0.1, -0.05) is 277 Å². The van der Waals surface area contributed by atoms with Crippen LogP contribution in [0.15, 0.2) is 60.2 Å². The summed E-state index contributed by atoms with van der Waals surface area (Å²) in [5.41, 5.74) is 19.3. The topological polar surface area (TPSA) is 25.3 Å². The number of hydrogen-bond donors (Lipinski definition) is 0. The summed E-state index contributed by atoms with van der Waals surface area (Å²) in [6.45, 7) is 19.1. The fourth-order valence-electron chi connectivity index (χ4n) is 9.37. The Morgan fingerprint density at radius 3 is 0.971 bits per heavy atom.